The third-order valence-electron chi connectivity index (χ3n) is 3.07. The quantitative estimate of drug-likeness (QED) is 0.888. The summed E-state index contributed by atoms with van der Waals surface area (Å²) in [6.07, 6.45) is 3.94. The molecule has 3 rings (SSSR count). The van der Waals surface area contributed by atoms with E-state index in [-0.39, 0.29) is 12.1 Å². The number of aromatic nitrogens is 5. The number of nitrogens with zero attached hydrogens (tertiary/aromatic N) is 5. The van der Waals surface area contributed by atoms with Gasteiger partial charge in [-0.1, -0.05) is 11.3 Å². The summed E-state index contributed by atoms with van der Waals surface area (Å²) >= 11 is 1.43. The number of hydrogen-bond donors (Lipinski definition) is 2. The second kappa shape index (κ2) is 5.16. The smallest absolute Gasteiger partial charge is 0.321 e. The zero-order valence-corrected chi connectivity index (χ0v) is 12.0. The third-order valence-corrected chi connectivity index (χ3v) is 4.07. The van der Waals surface area contributed by atoms with E-state index in [4.69, 9.17) is 0 Å². The number of carbonyl (C=O) groups excluding carboxylic acids is 1. The van der Waals surface area contributed by atoms with Crippen LogP contribution in [0.25, 0.3) is 0 Å². The maximum absolute atomic E-state index is 11.9. The van der Waals surface area contributed by atoms with Gasteiger partial charge in [0.1, 0.15) is 11.3 Å². The van der Waals surface area contributed by atoms with Crippen LogP contribution in [-0.2, 0) is 7.05 Å². The fourth-order valence-corrected chi connectivity index (χ4v) is 2.77. The van der Waals surface area contributed by atoms with Crippen molar-refractivity contribution >= 4 is 22.5 Å². The summed E-state index contributed by atoms with van der Waals surface area (Å²) in [7, 11) is 1.83. The second-order valence-electron chi connectivity index (χ2n) is 4.84. The van der Waals surface area contributed by atoms with Crippen molar-refractivity contribution in [1.29, 1.82) is 0 Å². The van der Waals surface area contributed by atoms with E-state index in [1.807, 2.05) is 14.0 Å². The van der Waals surface area contributed by atoms with Gasteiger partial charge in [-0.25, -0.2) is 4.79 Å². The van der Waals surface area contributed by atoms with Gasteiger partial charge in [0, 0.05) is 13.0 Å². The first kappa shape index (κ1) is 13.0. The average molecular weight is 293 g/mol. The number of anilines is 1. The molecule has 9 heteroatoms. The van der Waals surface area contributed by atoms with Crippen LogP contribution in [0.5, 0.6) is 0 Å². The molecule has 0 bridgehead atoms. The number of amides is 2. The monoisotopic (exact) mass is 293 g/mol. The number of nitrogens with one attached hydrogen (secondary N) is 2. The molecule has 106 valence electrons. The Bertz CT molecular complexity index is 618. The predicted molar refractivity (Wildman–Crippen MR) is 73.5 cm³/mol. The van der Waals surface area contributed by atoms with E-state index in [0.29, 0.717) is 16.9 Å². The summed E-state index contributed by atoms with van der Waals surface area (Å²) in [5, 5.41) is 22.8. The Morgan fingerprint density at radius 1 is 1.45 bits per heavy atom. The van der Waals surface area contributed by atoms with Gasteiger partial charge in [-0.05, 0) is 19.8 Å². The largest absolute Gasteiger partial charge is 0.328 e. The third kappa shape index (κ3) is 2.77. The van der Waals surface area contributed by atoms with E-state index < -0.39 is 0 Å². The number of hydrogen-bond acceptors (Lipinski definition) is 6. The molecule has 1 atom stereocenters. The van der Waals surface area contributed by atoms with Crippen molar-refractivity contribution in [2.45, 2.75) is 31.7 Å². The van der Waals surface area contributed by atoms with Gasteiger partial charge in [-0.15, -0.1) is 20.4 Å². The van der Waals surface area contributed by atoms with Crippen LogP contribution in [0.15, 0.2) is 6.33 Å². The zero-order valence-electron chi connectivity index (χ0n) is 11.2. The van der Waals surface area contributed by atoms with Gasteiger partial charge < -0.3 is 9.88 Å². The van der Waals surface area contributed by atoms with Gasteiger partial charge in [-0.2, -0.15) is 0 Å². The highest BCUT2D eigenvalue weighted by Gasteiger charge is 2.27. The Kier molecular flexibility index (Phi) is 3.35. The van der Waals surface area contributed by atoms with Crippen molar-refractivity contribution in [3.63, 3.8) is 0 Å². The lowest BCUT2D eigenvalue weighted by atomic mass is 10.3. The number of carbonyl (C=O) groups is 1. The normalized spacial score (nSPS) is 15.9. The zero-order chi connectivity index (χ0) is 14.1. The first-order chi connectivity index (χ1) is 9.63. The van der Waals surface area contributed by atoms with Crippen molar-refractivity contribution in [2.75, 3.05) is 5.32 Å². The van der Waals surface area contributed by atoms with Gasteiger partial charge in [0.2, 0.25) is 5.13 Å². The van der Waals surface area contributed by atoms with Crippen LogP contribution in [0.3, 0.4) is 0 Å². The van der Waals surface area contributed by atoms with Gasteiger partial charge in [-0.3, -0.25) is 5.32 Å². The number of urea groups is 1. The molecule has 1 unspecified atom stereocenters. The lowest BCUT2D eigenvalue weighted by Gasteiger charge is -2.12. The first-order valence-corrected chi connectivity index (χ1v) is 7.20. The Hall–Kier alpha value is -2.03. The summed E-state index contributed by atoms with van der Waals surface area (Å²) in [6.45, 7) is 1.85. The van der Waals surface area contributed by atoms with E-state index in [2.05, 4.69) is 31.0 Å². The summed E-state index contributed by atoms with van der Waals surface area (Å²) < 4.78 is 1.76. The van der Waals surface area contributed by atoms with Gasteiger partial charge >= 0.3 is 6.03 Å². The Labute approximate surface area is 119 Å². The van der Waals surface area contributed by atoms with Crippen LogP contribution < -0.4 is 10.6 Å². The van der Waals surface area contributed by atoms with Crippen molar-refractivity contribution in [2.24, 2.45) is 7.05 Å². The first-order valence-electron chi connectivity index (χ1n) is 6.38. The summed E-state index contributed by atoms with van der Waals surface area (Å²) in [4.78, 5) is 11.9. The van der Waals surface area contributed by atoms with Crippen LogP contribution in [-0.4, -0.2) is 31.0 Å². The summed E-state index contributed by atoms with van der Waals surface area (Å²) in [6, 6.07) is -0.558. The molecule has 20 heavy (non-hydrogen) atoms. The van der Waals surface area contributed by atoms with Crippen molar-refractivity contribution in [1.82, 2.24) is 30.3 Å². The Morgan fingerprint density at radius 2 is 2.25 bits per heavy atom. The molecule has 2 amide bonds. The molecule has 2 aromatic heterocycles. The second-order valence-corrected chi connectivity index (χ2v) is 5.85. The van der Waals surface area contributed by atoms with Crippen molar-refractivity contribution in [3.8, 4) is 0 Å². The summed E-state index contributed by atoms with van der Waals surface area (Å²) in [5.74, 6) is 1.24. The molecule has 2 aromatic rings. The molecule has 1 saturated carbocycles. The molecule has 1 aliphatic rings. The van der Waals surface area contributed by atoms with Crippen LogP contribution in [0.1, 0.15) is 42.6 Å². The molecule has 8 nitrogen and oxygen atoms in total. The lowest BCUT2D eigenvalue weighted by molar-refractivity contribution is 0.248. The molecule has 0 aliphatic heterocycles. The highest BCUT2D eigenvalue weighted by Crippen LogP contribution is 2.41. The van der Waals surface area contributed by atoms with Crippen LogP contribution in [0, 0.1) is 0 Å². The highest BCUT2D eigenvalue weighted by molar-refractivity contribution is 7.15. The standard InChI is InChI=1S/C11H15N7OS/c1-6(8-15-12-5-18(8)2)13-10(19)14-11-17-16-9(20-11)7-3-4-7/h5-7H,3-4H2,1-2H3,(H2,13,14,17,19). The van der Waals surface area contributed by atoms with E-state index >= 15 is 0 Å². The van der Waals surface area contributed by atoms with Gasteiger partial charge in [0.05, 0.1) is 6.04 Å². The fourth-order valence-electron chi connectivity index (χ4n) is 1.86. The van der Waals surface area contributed by atoms with Crippen LogP contribution in [0.2, 0.25) is 0 Å². The van der Waals surface area contributed by atoms with E-state index in [1.54, 1.807) is 10.9 Å². The molecular weight excluding hydrogens is 278 g/mol. The predicted octanol–water partition coefficient (Wildman–Crippen LogP) is 1.43. The van der Waals surface area contributed by atoms with Crippen molar-refractivity contribution < 1.29 is 4.79 Å². The molecular formula is C11H15N7OS. The minimum absolute atomic E-state index is 0.238. The lowest BCUT2D eigenvalue weighted by Crippen LogP contribution is -2.32. The van der Waals surface area contributed by atoms with Gasteiger partial charge in [0.15, 0.2) is 5.82 Å². The molecule has 2 N–H and O–H groups in total. The molecule has 0 aromatic carbocycles. The Morgan fingerprint density at radius 3 is 2.90 bits per heavy atom. The number of rotatable bonds is 4. The topological polar surface area (TPSA) is 97.6 Å². The SMILES string of the molecule is CC(NC(=O)Nc1nnc(C2CC2)s1)c1nncn1C. The van der Waals surface area contributed by atoms with E-state index in [9.17, 15) is 4.79 Å². The molecule has 0 radical (unpaired) electrons. The maximum atomic E-state index is 11.9. The average Bonchev–Trinajstić information content (AvgIpc) is 3.00. The molecule has 0 spiro atoms. The molecule has 2 heterocycles. The van der Waals surface area contributed by atoms with Crippen LogP contribution in [0.4, 0.5) is 9.93 Å². The van der Waals surface area contributed by atoms with E-state index in [0.717, 1.165) is 5.01 Å². The highest BCUT2D eigenvalue weighted by atomic mass is 32.1. The minimum Gasteiger partial charge on any atom is -0.328 e. The maximum Gasteiger partial charge on any atom is 0.321 e. The Balaban J connectivity index is 1.57. The minimum atomic E-state index is -0.320. The molecule has 1 aliphatic carbocycles. The number of aryl methyl sites for hydroxylation is 1. The van der Waals surface area contributed by atoms with E-state index in [1.165, 1.54) is 24.2 Å². The molecule has 1 fully saturated rings. The molecule has 0 saturated heterocycles. The summed E-state index contributed by atoms with van der Waals surface area (Å²) in [5.41, 5.74) is 0. The fraction of sp³-hybridized carbons (Fsp3) is 0.545. The van der Waals surface area contributed by atoms with Crippen molar-refractivity contribution in [3.05, 3.63) is 17.2 Å². The van der Waals surface area contributed by atoms with Crippen LogP contribution >= 0.6 is 11.3 Å². The van der Waals surface area contributed by atoms with Gasteiger partial charge in [0.25, 0.3) is 0 Å².